The molecular weight excluding hydrogens is 340 g/mol. The van der Waals surface area contributed by atoms with Gasteiger partial charge in [-0.05, 0) is 38.0 Å². The highest BCUT2D eigenvalue weighted by Crippen LogP contribution is 2.14. The number of aryl methyl sites for hydroxylation is 1. The van der Waals surface area contributed by atoms with Crippen molar-refractivity contribution in [2.45, 2.75) is 39.3 Å². The Morgan fingerprint density at radius 3 is 2.52 bits per heavy atom. The molecule has 0 heterocycles. The molecule has 0 aliphatic rings. The molecule has 0 bridgehead atoms. The smallest absolute Gasteiger partial charge is 0.242 e. The SMILES string of the molecule is CNC(=O)[C@@H](C)N(Cc1cccc(C)c1)C(=O)CCCOc1ccccc1. The standard InChI is InChI=1S/C22H28N2O3/c1-17-9-7-10-19(15-17)16-24(18(2)22(26)23-3)21(25)13-8-14-27-20-11-5-4-6-12-20/h4-7,9-12,15,18H,8,13-14,16H2,1-3H3,(H,23,26)/t18-/m1/s1. The third-order valence-electron chi connectivity index (χ3n) is 4.40. The van der Waals surface area contributed by atoms with E-state index in [1.165, 1.54) is 0 Å². The highest BCUT2D eigenvalue weighted by atomic mass is 16.5. The lowest BCUT2D eigenvalue weighted by Gasteiger charge is -2.28. The van der Waals surface area contributed by atoms with Crippen molar-refractivity contribution >= 4 is 11.8 Å². The van der Waals surface area contributed by atoms with Crippen LogP contribution >= 0.6 is 0 Å². The third-order valence-corrected chi connectivity index (χ3v) is 4.40. The molecule has 2 amide bonds. The number of ether oxygens (including phenoxy) is 1. The number of likely N-dealkylation sites (N-methyl/N-ethyl adjacent to an activating group) is 1. The molecule has 2 rings (SSSR count). The van der Waals surface area contributed by atoms with Gasteiger partial charge in [-0.3, -0.25) is 9.59 Å². The maximum Gasteiger partial charge on any atom is 0.242 e. The number of hydrogen-bond acceptors (Lipinski definition) is 3. The molecule has 0 aliphatic carbocycles. The zero-order chi connectivity index (χ0) is 19.6. The van der Waals surface area contributed by atoms with Gasteiger partial charge in [0.25, 0.3) is 0 Å². The van der Waals surface area contributed by atoms with Gasteiger partial charge in [-0.1, -0.05) is 48.0 Å². The first-order chi connectivity index (χ1) is 13.0. The minimum atomic E-state index is -0.530. The molecule has 0 saturated carbocycles. The van der Waals surface area contributed by atoms with Crippen molar-refractivity contribution in [2.24, 2.45) is 0 Å². The molecule has 0 aliphatic heterocycles. The Balaban J connectivity index is 1.96. The van der Waals surface area contributed by atoms with Crippen LogP contribution in [-0.4, -0.2) is 36.4 Å². The second-order valence-corrected chi connectivity index (χ2v) is 6.57. The number of hydrogen-bond donors (Lipinski definition) is 1. The van der Waals surface area contributed by atoms with E-state index in [0.717, 1.165) is 16.9 Å². The summed E-state index contributed by atoms with van der Waals surface area (Å²) < 4.78 is 5.65. The van der Waals surface area contributed by atoms with Crippen LogP contribution in [0.3, 0.4) is 0 Å². The molecule has 0 unspecified atom stereocenters. The van der Waals surface area contributed by atoms with Crippen LogP contribution in [0.15, 0.2) is 54.6 Å². The fourth-order valence-corrected chi connectivity index (χ4v) is 2.87. The summed E-state index contributed by atoms with van der Waals surface area (Å²) in [4.78, 5) is 26.5. The van der Waals surface area contributed by atoms with Gasteiger partial charge in [0.05, 0.1) is 6.61 Å². The van der Waals surface area contributed by atoms with Gasteiger partial charge in [-0.2, -0.15) is 0 Å². The van der Waals surface area contributed by atoms with Crippen molar-refractivity contribution in [1.82, 2.24) is 10.2 Å². The Labute approximate surface area is 161 Å². The van der Waals surface area contributed by atoms with Crippen LogP contribution in [0.5, 0.6) is 5.75 Å². The second-order valence-electron chi connectivity index (χ2n) is 6.57. The fourth-order valence-electron chi connectivity index (χ4n) is 2.87. The molecule has 0 saturated heterocycles. The molecule has 0 aromatic heterocycles. The van der Waals surface area contributed by atoms with Gasteiger partial charge in [0.2, 0.25) is 11.8 Å². The number of carbonyl (C=O) groups is 2. The van der Waals surface area contributed by atoms with Gasteiger partial charge < -0.3 is 15.0 Å². The summed E-state index contributed by atoms with van der Waals surface area (Å²) in [5.41, 5.74) is 2.14. The molecule has 0 spiro atoms. The number of nitrogens with zero attached hydrogens (tertiary/aromatic N) is 1. The van der Waals surface area contributed by atoms with Gasteiger partial charge in [-0.15, -0.1) is 0 Å². The van der Waals surface area contributed by atoms with E-state index >= 15 is 0 Å². The Kier molecular flexibility index (Phi) is 7.86. The van der Waals surface area contributed by atoms with Crippen molar-refractivity contribution in [3.63, 3.8) is 0 Å². The molecular formula is C22H28N2O3. The first-order valence-corrected chi connectivity index (χ1v) is 9.25. The summed E-state index contributed by atoms with van der Waals surface area (Å²) in [7, 11) is 1.59. The quantitative estimate of drug-likeness (QED) is 0.691. The zero-order valence-electron chi connectivity index (χ0n) is 16.3. The number of carbonyl (C=O) groups excluding carboxylic acids is 2. The lowest BCUT2D eigenvalue weighted by molar-refractivity contribution is -0.140. The lowest BCUT2D eigenvalue weighted by atomic mass is 10.1. The molecule has 0 radical (unpaired) electrons. The van der Waals surface area contributed by atoms with Gasteiger partial charge in [0.15, 0.2) is 0 Å². The monoisotopic (exact) mass is 368 g/mol. The van der Waals surface area contributed by atoms with Crippen LogP contribution < -0.4 is 10.1 Å². The van der Waals surface area contributed by atoms with Crippen LogP contribution in [0.1, 0.15) is 30.9 Å². The number of rotatable bonds is 9. The van der Waals surface area contributed by atoms with E-state index in [-0.39, 0.29) is 11.8 Å². The largest absolute Gasteiger partial charge is 0.494 e. The maximum absolute atomic E-state index is 12.8. The summed E-state index contributed by atoms with van der Waals surface area (Å²) in [6.07, 6.45) is 0.929. The molecule has 1 N–H and O–H groups in total. The molecule has 2 aromatic carbocycles. The molecule has 144 valence electrons. The van der Waals surface area contributed by atoms with E-state index in [0.29, 0.717) is 26.0 Å². The van der Waals surface area contributed by atoms with Crippen LogP contribution in [0.4, 0.5) is 0 Å². The first kappa shape index (κ1) is 20.5. The maximum atomic E-state index is 12.8. The summed E-state index contributed by atoms with van der Waals surface area (Å²) in [5.74, 6) is 0.570. The Bertz CT molecular complexity index is 746. The summed E-state index contributed by atoms with van der Waals surface area (Å²) in [5, 5.41) is 2.63. The number of benzene rings is 2. The van der Waals surface area contributed by atoms with Gasteiger partial charge in [-0.25, -0.2) is 0 Å². The highest BCUT2D eigenvalue weighted by molar-refractivity contribution is 5.87. The first-order valence-electron chi connectivity index (χ1n) is 9.25. The normalized spacial score (nSPS) is 11.5. The molecule has 1 atom stereocenters. The van der Waals surface area contributed by atoms with E-state index < -0.39 is 6.04 Å². The van der Waals surface area contributed by atoms with Crippen molar-refractivity contribution in [2.75, 3.05) is 13.7 Å². The van der Waals surface area contributed by atoms with Crippen LogP contribution in [0.25, 0.3) is 0 Å². The predicted octanol–water partition coefficient (Wildman–Crippen LogP) is 3.32. The van der Waals surface area contributed by atoms with Crippen molar-refractivity contribution in [3.8, 4) is 5.75 Å². The fraction of sp³-hybridized carbons (Fsp3) is 0.364. The van der Waals surface area contributed by atoms with Gasteiger partial charge in [0.1, 0.15) is 11.8 Å². The molecule has 5 nitrogen and oxygen atoms in total. The number of amides is 2. The lowest BCUT2D eigenvalue weighted by Crippen LogP contribution is -2.46. The average molecular weight is 368 g/mol. The van der Waals surface area contributed by atoms with E-state index in [1.54, 1.807) is 18.9 Å². The van der Waals surface area contributed by atoms with E-state index in [4.69, 9.17) is 4.74 Å². The van der Waals surface area contributed by atoms with Crippen LogP contribution in [0.2, 0.25) is 0 Å². The van der Waals surface area contributed by atoms with Gasteiger partial charge >= 0.3 is 0 Å². The van der Waals surface area contributed by atoms with Crippen LogP contribution in [0, 0.1) is 6.92 Å². The minimum absolute atomic E-state index is 0.0516. The van der Waals surface area contributed by atoms with E-state index in [2.05, 4.69) is 5.32 Å². The Hall–Kier alpha value is -2.82. The molecule has 2 aromatic rings. The van der Waals surface area contributed by atoms with Crippen molar-refractivity contribution in [1.29, 1.82) is 0 Å². The topological polar surface area (TPSA) is 58.6 Å². The molecule has 0 fully saturated rings. The highest BCUT2D eigenvalue weighted by Gasteiger charge is 2.25. The Morgan fingerprint density at radius 2 is 1.85 bits per heavy atom. The minimum Gasteiger partial charge on any atom is -0.494 e. The van der Waals surface area contributed by atoms with Crippen molar-refractivity contribution in [3.05, 3.63) is 65.7 Å². The Morgan fingerprint density at radius 1 is 1.11 bits per heavy atom. The summed E-state index contributed by atoms with van der Waals surface area (Å²) in [6, 6.07) is 17.0. The summed E-state index contributed by atoms with van der Waals surface area (Å²) in [6.45, 7) is 4.64. The number of para-hydroxylation sites is 1. The van der Waals surface area contributed by atoms with Crippen LogP contribution in [-0.2, 0) is 16.1 Å². The van der Waals surface area contributed by atoms with E-state index in [9.17, 15) is 9.59 Å². The zero-order valence-corrected chi connectivity index (χ0v) is 16.3. The number of nitrogens with one attached hydrogen (secondary N) is 1. The van der Waals surface area contributed by atoms with Gasteiger partial charge in [0, 0.05) is 20.0 Å². The molecule has 27 heavy (non-hydrogen) atoms. The van der Waals surface area contributed by atoms with E-state index in [1.807, 2.05) is 61.5 Å². The average Bonchev–Trinajstić information content (AvgIpc) is 2.69. The van der Waals surface area contributed by atoms with Crippen molar-refractivity contribution < 1.29 is 14.3 Å². The summed E-state index contributed by atoms with van der Waals surface area (Å²) >= 11 is 0. The molecule has 5 heteroatoms. The second kappa shape index (κ2) is 10.4. The third kappa shape index (κ3) is 6.44. The predicted molar refractivity (Wildman–Crippen MR) is 106 cm³/mol.